The van der Waals surface area contributed by atoms with Crippen LogP contribution >= 0.6 is 24.0 Å². The van der Waals surface area contributed by atoms with E-state index < -0.39 is 6.04 Å². The van der Waals surface area contributed by atoms with Crippen LogP contribution in [-0.4, -0.2) is 27.1 Å². The number of halogens is 1. The molecule has 2 aromatic rings. The second-order valence-corrected chi connectivity index (χ2v) is 7.81. The van der Waals surface area contributed by atoms with Crippen LogP contribution < -0.4 is 5.32 Å². The number of nitrogens with zero attached hydrogens (tertiary/aromatic N) is 1. The molecular weight excluding hydrogens is 383 g/mol. The molecule has 0 bridgehead atoms. The molecule has 1 aliphatic heterocycles. The molecule has 0 radical (unpaired) electrons. The van der Waals surface area contributed by atoms with Crippen molar-refractivity contribution in [1.82, 2.24) is 4.90 Å². The first kappa shape index (κ1) is 19.3. The molecule has 1 unspecified atom stereocenters. The van der Waals surface area contributed by atoms with E-state index in [1.807, 2.05) is 19.1 Å². The van der Waals surface area contributed by atoms with E-state index in [1.54, 1.807) is 37.3 Å². The fraction of sp³-hybridized carbons (Fsp3) is 0.150. The van der Waals surface area contributed by atoms with Gasteiger partial charge in [-0.05, 0) is 49.8 Å². The lowest BCUT2D eigenvalue weighted by Gasteiger charge is -2.22. The highest BCUT2D eigenvalue weighted by Gasteiger charge is 2.38. The van der Waals surface area contributed by atoms with Gasteiger partial charge in [0, 0.05) is 5.69 Å². The smallest absolute Gasteiger partial charge is 0.266 e. The molecule has 1 heterocycles. The summed E-state index contributed by atoms with van der Waals surface area (Å²) in [6.07, 6.45) is 1.64. The number of hydrogen-bond donors (Lipinski definition) is 1. The number of rotatable bonds is 4. The summed E-state index contributed by atoms with van der Waals surface area (Å²) in [5.74, 6) is -1.000. The van der Waals surface area contributed by atoms with Crippen molar-refractivity contribution in [2.45, 2.75) is 19.9 Å². The van der Waals surface area contributed by atoms with Gasteiger partial charge in [0.2, 0.25) is 5.91 Å². The number of amides is 2. The summed E-state index contributed by atoms with van der Waals surface area (Å²) >= 11 is 6.43. The van der Waals surface area contributed by atoms with Crippen LogP contribution in [0.15, 0.2) is 53.4 Å². The first-order valence-corrected chi connectivity index (χ1v) is 9.48. The van der Waals surface area contributed by atoms with Gasteiger partial charge in [-0.25, -0.2) is 4.39 Å². The van der Waals surface area contributed by atoms with Crippen LogP contribution in [0.1, 0.15) is 18.1 Å². The SMILES string of the molecule is Cc1ccc(NC(=O)C(C)N2C(=O)/C(=C/c3ccc(F)cc3)SC2=S)cc1. The predicted octanol–water partition coefficient (Wildman–Crippen LogP) is 4.36. The fourth-order valence-electron chi connectivity index (χ4n) is 2.52. The molecular formula is C20H17FN2O2S2. The van der Waals surface area contributed by atoms with Crippen molar-refractivity contribution in [2.24, 2.45) is 0 Å². The Morgan fingerprint density at radius 2 is 1.81 bits per heavy atom. The van der Waals surface area contributed by atoms with Gasteiger partial charge < -0.3 is 5.32 Å². The van der Waals surface area contributed by atoms with Crippen molar-refractivity contribution in [3.63, 3.8) is 0 Å². The second-order valence-electron chi connectivity index (χ2n) is 6.13. The van der Waals surface area contributed by atoms with E-state index in [0.717, 1.165) is 17.3 Å². The van der Waals surface area contributed by atoms with Gasteiger partial charge in [-0.3, -0.25) is 14.5 Å². The van der Waals surface area contributed by atoms with Gasteiger partial charge in [-0.1, -0.05) is 53.8 Å². The Hall–Kier alpha value is -2.51. The van der Waals surface area contributed by atoms with E-state index in [0.29, 0.717) is 20.5 Å². The zero-order valence-corrected chi connectivity index (χ0v) is 16.4. The van der Waals surface area contributed by atoms with E-state index in [-0.39, 0.29) is 17.6 Å². The maximum absolute atomic E-state index is 13.0. The highest BCUT2D eigenvalue weighted by atomic mass is 32.2. The largest absolute Gasteiger partial charge is 0.324 e. The summed E-state index contributed by atoms with van der Waals surface area (Å²) in [6.45, 7) is 3.59. The molecule has 1 fully saturated rings. The fourth-order valence-corrected chi connectivity index (χ4v) is 3.94. The van der Waals surface area contributed by atoms with Crippen LogP contribution in [0.25, 0.3) is 6.08 Å². The molecule has 7 heteroatoms. The summed E-state index contributed by atoms with van der Waals surface area (Å²) in [4.78, 5) is 27.0. The normalized spacial score (nSPS) is 16.7. The lowest BCUT2D eigenvalue weighted by Crippen LogP contribution is -2.44. The van der Waals surface area contributed by atoms with Crippen LogP contribution in [0.4, 0.5) is 10.1 Å². The number of nitrogens with one attached hydrogen (secondary N) is 1. The summed E-state index contributed by atoms with van der Waals surface area (Å²) in [5.41, 5.74) is 2.43. The summed E-state index contributed by atoms with van der Waals surface area (Å²) in [5, 5.41) is 2.79. The molecule has 4 nitrogen and oxygen atoms in total. The Bertz CT molecular complexity index is 924. The molecule has 27 heavy (non-hydrogen) atoms. The minimum atomic E-state index is -0.752. The third-order valence-corrected chi connectivity index (χ3v) is 5.41. The molecule has 0 aromatic heterocycles. The average Bonchev–Trinajstić information content (AvgIpc) is 2.91. The lowest BCUT2D eigenvalue weighted by atomic mass is 10.2. The van der Waals surface area contributed by atoms with Crippen molar-refractivity contribution in [3.05, 3.63) is 70.4 Å². The van der Waals surface area contributed by atoms with Crippen molar-refractivity contribution in [1.29, 1.82) is 0 Å². The predicted molar refractivity (Wildman–Crippen MR) is 111 cm³/mol. The van der Waals surface area contributed by atoms with Crippen molar-refractivity contribution >= 4 is 51.9 Å². The molecule has 2 aromatic carbocycles. The van der Waals surface area contributed by atoms with E-state index in [4.69, 9.17) is 12.2 Å². The van der Waals surface area contributed by atoms with Gasteiger partial charge in [0.1, 0.15) is 16.2 Å². The van der Waals surface area contributed by atoms with Crippen LogP contribution in [-0.2, 0) is 9.59 Å². The average molecular weight is 401 g/mol. The van der Waals surface area contributed by atoms with Gasteiger partial charge in [0.05, 0.1) is 4.91 Å². The number of aryl methyl sites for hydroxylation is 1. The zero-order chi connectivity index (χ0) is 19.6. The number of anilines is 1. The van der Waals surface area contributed by atoms with Crippen LogP contribution in [0, 0.1) is 12.7 Å². The topological polar surface area (TPSA) is 49.4 Å². The summed E-state index contributed by atoms with van der Waals surface area (Å²) < 4.78 is 13.3. The molecule has 0 saturated carbocycles. The Balaban J connectivity index is 1.74. The monoisotopic (exact) mass is 400 g/mol. The van der Waals surface area contributed by atoms with E-state index in [2.05, 4.69) is 5.32 Å². The molecule has 2 amide bonds. The number of hydrogen-bond acceptors (Lipinski definition) is 4. The third-order valence-electron chi connectivity index (χ3n) is 4.08. The first-order chi connectivity index (χ1) is 12.8. The summed E-state index contributed by atoms with van der Waals surface area (Å²) in [6, 6.07) is 12.4. The Labute approximate surface area is 166 Å². The highest BCUT2D eigenvalue weighted by molar-refractivity contribution is 8.26. The molecule has 1 N–H and O–H groups in total. The quantitative estimate of drug-likeness (QED) is 0.612. The van der Waals surface area contributed by atoms with Crippen molar-refractivity contribution in [3.8, 4) is 0 Å². The van der Waals surface area contributed by atoms with Crippen molar-refractivity contribution in [2.75, 3.05) is 5.32 Å². The van der Waals surface area contributed by atoms with Gasteiger partial charge in [-0.15, -0.1) is 0 Å². The third kappa shape index (κ3) is 4.43. The van der Waals surface area contributed by atoms with E-state index in [1.165, 1.54) is 17.0 Å². The van der Waals surface area contributed by atoms with Gasteiger partial charge >= 0.3 is 0 Å². The molecule has 3 rings (SSSR count). The van der Waals surface area contributed by atoms with Crippen LogP contribution in [0.3, 0.4) is 0 Å². The maximum atomic E-state index is 13.0. The van der Waals surface area contributed by atoms with Crippen LogP contribution in [0.5, 0.6) is 0 Å². The van der Waals surface area contributed by atoms with Gasteiger partial charge in [-0.2, -0.15) is 0 Å². The number of carbonyl (C=O) groups excluding carboxylic acids is 2. The number of thiocarbonyl (C=S) groups is 1. The minimum Gasteiger partial charge on any atom is -0.324 e. The Morgan fingerprint density at radius 1 is 1.19 bits per heavy atom. The Morgan fingerprint density at radius 3 is 2.44 bits per heavy atom. The zero-order valence-electron chi connectivity index (χ0n) is 14.7. The minimum absolute atomic E-state index is 0.319. The second kappa shape index (κ2) is 8.02. The van der Waals surface area contributed by atoms with E-state index >= 15 is 0 Å². The van der Waals surface area contributed by atoms with Crippen molar-refractivity contribution < 1.29 is 14.0 Å². The number of carbonyl (C=O) groups is 2. The molecule has 138 valence electrons. The highest BCUT2D eigenvalue weighted by Crippen LogP contribution is 2.34. The molecule has 0 spiro atoms. The molecule has 0 aliphatic carbocycles. The van der Waals surface area contributed by atoms with Gasteiger partial charge in [0.25, 0.3) is 5.91 Å². The molecule has 1 saturated heterocycles. The standard InChI is InChI=1S/C20H17FN2O2S2/c1-12-3-9-16(10-4-12)22-18(24)13(2)23-19(25)17(27-20(23)26)11-14-5-7-15(21)8-6-14/h3-11,13H,1-2H3,(H,22,24)/b17-11-. The maximum Gasteiger partial charge on any atom is 0.266 e. The first-order valence-electron chi connectivity index (χ1n) is 8.25. The number of benzene rings is 2. The molecule has 1 aliphatic rings. The lowest BCUT2D eigenvalue weighted by molar-refractivity contribution is -0.129. The van der Waals surface area contributed by atoms with Gasteiger partial charge in [0.15, 0.2) is 0 Å². The van der Waals surface area contributed by atoms with Crippen LogP contribution in [0.2, 0.25) is 0 Å². The summed E-state index contributed by atoms with van der Waals surface area (Å²) in [7, 11) is 0. The van der Waals surface area contributed by atoms with E-state index in [9.17, 15) is 14.0 Å². The Kier molecular flexibility index (Phi) is 5.72. The number of thioether (sulfide) groups is 1. The molecule has 1 atom stereocenters.